The van der Waals surface area contributed by atoms with Crippen LogP contribution in [0.1, 0.15) is 17.9 Å². The highest BCUT2D eigenvalue weighted by Gasteiger charge is 2.33. The van der Waals surface area contributed by atoms with Gasteiger partial charge in [0, 0.05) is 18.3 Å². The van der Waals surface area contributed by atoms with Crippen LogP contribution in [0.5, 0.6) is 0 Å². The summed E-state index contributed by atoms with van der Waals surface area (Å²) < 4.78 is 0. The molecule has 2 rings (SSSR count). The van der Waals surface area contributed by atoms with Crippen molar-refractivity contribution in [2.45, 2.75) is 18.4 Å². The molecular formula is C10H12N2O2. The summed E-state index contributed by atoms with van der Waals surface area (Å²) in [5.41, 5.74) is 1.00. The molecule has 2 heterocycles. The number of carbonyl (C=O) groups is 1. The maximum Gasteiger partial charge on any atom is 0.321 e. The van der Waals surface area contributed by atoms with Crippen molar-refractivity contribution < 1.29 is 9.90 Å². The molecule has 1 unspecified atom stereocenters. The van der Waals surface area contributed by atoms with Crippen LogP contribution < -0.4 is 5.32 Å². The van der Waals surface area contributed by atoms with E-state index in [1.807, 2.05) is 12.1 Å². The van der Waals surface area contributed by atoms with E-state index in [9.17, 15) is 4.79 Å². The minimum atomic E-state index is -0.781. The van der Waals surface area contributed by atoms with Crippen LogP contribution in [0, 0.1) is 0 Å². The predicted octanol–water partition coefficient (Wildman–Crippen LogP) is 0.612. The lowest BCUT2D eigenvalue weighted by Gasteiger charge is -2.14. The molecule has 0 bridgehead atoms. The third-order valence-electron chi connectivity index (χ3n) is 2.60. The standard InChI is InChI=1S/C10H12N2O2/c13-10(14)9-8(3-5-12-9)7-2-1-4-11-6-7/h1-2,4,6,8-9,12H,3,5H2,(H,13,14)/t8?,9-/m0/s1. The second-order valence-electron chi connectivity index (χ2n) is 3.45. The Bertz CT molecular complexity index is 326. The molecule has 4 heteroatoms. The van der Waals surface area contributed by atoms with E-state index in [1.165, 1.54) is 0 Å². The lowest BCUT2D eigenvalue weighted by molar-refractivity contribution is -0.139. The van der Waals surface area contributed by atoms with Gasteiger partial charge >= 0.3 is 5.97 Å². The number of carboxylic acids is 1. The first-order valence-corrected chi connectivity index (χ1v) is 4.65. The summed E-state index contributed by atoms with van der Waals surface area (Å²) in [6.07, 6.45) is 4.30. The van der Waals surface area contributed by atoms with E-state index in [0.29, 0.717) is 0 Å². The van der Waals surface area contributed by atoms with Gasteiger partial charge in [-0.25, -0.2) is 0 Å². The Morgan fingerprint density at radius 3 is 3.14 bits per heavy atom. The topological polar surface area (TPSA) is 62.2 Å². The zero-order chi connectivity index (χ0) is 9.97. The van der Waals surface area contributed by atoms with Gasteiger partial charge in [0.2, 0.25) is 0 Å². The summed E-state index contributed by atoms with van der Waals surface area (Å²) in [4.78, 5) is 14.9. The predicted molar refractivity (Wildman–Crippen MR) is 51.0 cm³/mol. The number of aliphatic carboxylic acids is 1. The van der Waals surface area contributed by atoms with Crippen LogP contribution in [0.4, 0.5) is 0 Å². The summed E-state index contributed by atoms with van der Waals surface area (Å²) in [6.45, 7) is 0.760. The zero-order valence-electron chi connectivity index (χ0n) is 7.68. The number of hydrogen-bond donors (Lipinski definition) is 2. The Morgan fingerprint density at radius 1 is 1.64 bits per heavy atom. The summed E-state index contributed by atoms with van der Waals surface area (Å²) in [7, 11) is 0. The SMILES string of the molecule is O=C(O)[C@H]1NCCC1c1cccnc1. The molecule has 1 aliphatic heterocycles. The van der Waals surface area contributed by atoms with Crippen LogP contribution in [0.3, 0.4) is 0 Å². The lowest BCUT2D eigenvalue weighted by atomic mass is 9.93. The molecule has 0 amide bonds. The van der Waals surface area contributed by atoms with Gasteiger partial charge in [0.15, 0.2) is 0 Å². The van der Waals surface area contributed by atoms with E-state index in [2.05, 4.69) is 10.3 Å². The quantitative estimate of drug-likeness (QED) is 0.720. The number of rotatable bonds is 2. The first-order valence-electron chi connectivity index (χ1n) is 4.65. The molecule has 1 fully saturated rings. The van der Waals surface area contributed by atoms with E-state index >= 15 is 0 Å². The monoisotopic (exact) mass is 192 g/mol. The van der Waals surface area contributed by atoms with Crippen molar-refractivity contribution in [3.63, 3.8) is 0 Å². The van der Waals surface area contributed by atoms with Crippen LogP contribution in [0.2, 0.25) is 0 Å². The lowest BCUT2D eigenvalue weighted by Crippen LogP contribution is -2.34. The second-order valence-corrected chi connectivity index (χ2v) is 3.45. The number of aromatic nitrogens is 1. The van der Waals surface area contributed by atoms with Gasteiger partial charge in [0.05, 0.1) is 0 Å². The molecular weight excluding hydrogens is 180 g/mol. The molecule has 74 valence electrons. The van der Waals surface area contributed by atoms with Crippen molar-refractivity contribution >= 4 is 5.97 Å². The van der Waals surface area contributed by atoms with Gasteiger partial charge in [0.1, 0.15) is 6.04 Å². The number of nitrogens with one attached hydrogen (secondary N) is 1. The van der Waals surface area contributed by atoms with Crippen LogP contribution in [-0.4, -0.2) is 28.6 Å². The van der Waals surface area contributed by atoms with Crippen LogP contribution in [-0.2, 0) is 4.79 Å². The maximum atomic E-state index is 10.9. The smallest absolute Gasteiger partial charge is 0.321 e. The fourth-order valence-corrected chi connectivity index (χ4v) is 1.92. The van der Waals surface area contributed by atoms with Gasteiger partial charge in [0.25, 0.3) is 0 Å². The van der Waals surface area contributed by atoms with E-state index < -0.39 is 12.0 Å². The number of hydrogen-bond acceptors (Lipinski definition) is 3. The molecule has 14 heavy (non-hydrogen) atoms. The number of pyridine rings is 1. The van der Waals surface area contributed by atoms with Gasteiger partial charge in [-0.15, -0.1) is 0 Å². The van der Waals surface area contributed by atoms with E-state index in [0.717, 1.165) is 18.5 Å². The first-order chi connectivity index (χ1) is 6.79. The van der Waals surface area contributed by atoms with Crippen molar-refractivity contribution in [2.75, 3.05) is 6.54 Å². The Labute approximate surface area is 82.0 Å². The third-order valence-corrected chi connectivity index (χ3v) is 2.60. The van der Waals surface area contributed by atoms with Crippen molar-refractivity contribution in [3.8, 4) is 0 Å². The number of carboxylic acid groups (broad SMARTS) is 1. The molecule has 1 aromatic rings. The van der Waals surface area contributed by atoms with Gasteiger partial charge in [-0.05, 0) is 24.6 Å². The molecule has 1 aliphatic rings. The summed E-state index contributed by atoms with van der Waals surface area (Å²) >= 11 is 0. The molecule has 1 aromatic heterocycles. The number of nitrogens with zero attached hydrogens (tertiary/aromatic N) is 1. The Balaban J connectivity index is 2.22. The van der Waals surface area contributed by atoms with Crippen molar-refractivity contribution in [3.05, 3.63) is 30.1 Å². The summed E-state index contributed by atoms with van der Waals surface area (Å²) in [6, 6.07) is 3.31. The normalized spacial score (nSPS) is 26.3. The average Bonchev–Trinajstić information content (AvgIpc) is 2.67. The van der Waals surface area contributed by atoms with Gasteiger partial charge in [-0.2, -0.15) is 0 Å². The fourth-order valence-electron chi connectivity index (χ4n) is 1.92. The minimum absolute atomic E-state index is 0.0567. The first kappa shape index (κ1) is 9.15. The Hall–Kier alpha value is -1.42. The Morgan fingerprint density at radius 2 is 2.50 bits per heavy atom. The second kappa shape index (κ2) is 3.75. The molecule has 0 saturated carbocycles. The molecule has 0 radical (unpaired) electrons. The van der Waals surface area contributed by atoms with Gasteiger partial charge in [-0.3, -0.25) is 9.78 Å². The largest absolute Gasteiger partial charge is 0.480 e. The molecule has 0 aliphatic carbocycles. The highest BCUT2D eigenvalue weighted by molar-refractivity contribution is 5.75. The zero-order valence-corrected chi connectivity index (χ0v) is 7.68. The molecule has 0 aromatic carbocycles. The highest BCUT2D eigenvalue weighted by atomic mass is 16.4. The van der Waals surface area contributed by atoms with Crippen LogP contribution in [0.15, 0.2) is 24.5 Å². The summed E-state index contributed by atoms with van der Waals surface area (Å²) in [5.74, 6) is -0.724. The molecule has 4 nitrogen and oxygen atoms in total. The Kier molecular flexibility index (Phi) is 2.45. The third kappa shape index (κ3) is 1.61. The molecule has 2 atom stereocenters. The molecule has 0 spiro atoms. The highest BCUT2D eigenvalue weighted by Crippen LogP contribution is 2.26. The van der Waals surface area contributed by atoms with E-state index in [-0.39, 0.29) is 5.92 Å². The average molecular weight is 192 g/mol. The molecule has 1 saturated heterocycles. The van der Waals surface area contributed by atoms with E-state index in [4.69, 9.17) is 5.11 Å². The fraction of sp³-hybridized carbons (Fsp3) is 0.400. The van der Waals surface area contributed by atoms with Gasteiger partial charge < -0.3 is 10.4 Å². The van der Waals surface area contributed by atoms with Crippen LogP contribution in [0.25, 0.3) is 0 Å². The van der Waals surface area contributed by atoms with Crippen molar-refractivity contribution in [1.82, 2.24) is 10.3 Å². The maximum absolute atomic E-state index is 10.9. The minimum Gasteiger partial charge on any atom is -0.480 e. The van der Waals surface area contributed by atoms with Crippen molar-refractivity contribution in [1.29, 1.82) is 0 Å². The van der Waals surface area contributed by atoms with Crippen LogP contribution >= 0.6 is 0 Å². The van der Waals surface area contributed by atoms with E-state index in [1.54, 1.807) is 12.4 Å². The molecule has 2 N–H and O–H groups in total. The van der Waals surface area contributed by atoms with Gasteiger partial charge in [-0.1, -0.05) is 6.07 Å². The summed E-state index contributed by atoms with van der Waals surface area (Å²) in [5, 5.41) is 11.9. The van der Waals surface area contributed by atoms with Crippen molar-refractivity contribution in [2.24, 2.45) is 0 Å².